The molecule has 0 aromatic carbocycles. The van der Waals surface area contributed by atoms with E-state index >= 15 is 0 Å². The maximum Gasteiger partial charge on any atom is 0.341 e. The second kappa shape index (κ2) is 4.26. The number of hydrogen-bond donors (Lipinski definition) is 1. The number of nitrogens with zero attached hydrogens (tertiary/aromatic N) is 1. The summed E-state index contributed by atoms with van der Waals surface area (Å²) in [5.74, 6) is -0.896. The zero-order valence-corrected chi connectivity index (χ0v) is 8.69. The number of carbonyl (C=O) groups is 1. The molecule has 1 aromatic rings. The molecule has 1 aromatic heterocycles. The summed E-state index contributed by atoms with van der Waals surface area (Å²) in [4.78, 5) is 13.8. The maximum atomic E-state index is 11.0. The number of pyridine rings is 1. The van der Waals surface area contributed by atoms with E-state index in [9.17, 15) is 13.2 Å². The summed E-state index contributed by atoms with van der Waals surface area (Å²) in [6, 6.07) is 2.61. The van der Waals surface area contributed by atoms with E-state index in [0.29, 0.717) is 0 Å². The molecule has 0 saturated heterocycles. The Labute approximate surface area is 86.4 Å². The predicted octanol–water partition coefficient (Wildman–Crippen LogP) is -0.0515. The first-order valence-electron chi connectivity index (χ1n) is 3.90. The van der Waals surface area contributed by atoms with Crippen LogP contribution >= 0.6 is 0 Å². The van der Waals surface area contributed by atoms with Gasteiger partial charge in [-0.1, -0.05) is 0 Å². The molecule has 15 heavy (non-hydrogen) atoms. The van der Waals surface area contributed by atoms with Crippen LogP contribution in [0.15, 0.2) is 23.4 Å². The van der Waals surface area contributed by atoms with Gasteiger partial charge in [0.25, 0.3) is 0 Å². The molecule has 0 fully saturated rings. The molecule has 0 atom stereocenters. The van der Waals surface area contributed by atoms with Crippen LogP contribution in [0.5, 0.6) is 5.75 Å². The van der Waals surface area contributed by atoms with E-state index in [-0.39, 0.29) is 10.8 Å². The Balaban J connectivity index is 2.77. The molecule has 7 heteroatoms. The van der Waals surface area contributed by atoms with Gasteiger partial charge in [-0.3, -0.25) is 0 Å². The Morgan fingerprint density at radius 1 is 1.53 bits per heavy atom. The van der Waals surface area contributed by atoms with E-state index in [1.54, 1.807) is 0 Å². The topological polar surface area (TPSA) is 93.6 Å². The molecule has 0 radical (unpaired) electrons. The zero-order chi connectivity index (χ0) is 11.5. The first kappa shape index (κ1) is 11.4. The molecule has 0 spiro atoms. The van der Waals surface area contributed by atoms with Crippen LogP contribution < -0.4 is 4.74 Å². The van der Waals surface area contributed by atoms with Crippen molar-refractivity contribution < 1.29 is 23.1 Å². The van der Waals surface area contributed by atoms with Crippen molar-refractivity contribution in [1.82, 2.24) is 4.98 Å². The highest BCUT2D eigenvalue weighted by atomic mass is 32.2. The molecule has 0 aliphatic rings. The van der Waals surface area contributed by atoms with Crippen LogP contribution in [-0.4, -0.2) is 37.3 Å². The molecular weight excluding hydrogens is 222 g/mol. The molecule has 1 rings (SSSR count). The average molecular weight is 231 g/mol. The number of sulfone groups is 1. The lowest BCUT2D eigenvalue weighted by Gasteiger charge is -2.02. The minimum atomic E-state index is -3.33. The number of rotatable bonds is 4. The molecule has 6 nitrogen and oxygen atoms in total. The molecular formula is C8H9NO5S. The van der Waals surface area contributed by atoms with Crippen LogP contribution in [0.2, 0.25) is 0 Å². The van der Waals surface area contributed by atoms with Crippen LogP contribution in [0.4, 0.5) is 0 Å². The minimum absolute atomic E-state index is 0.0785. The molecule has 0 saturated carbocycles. The Morgan fingerprint density at radius 2 is 2.20 bits per heavy atom. The summed E-state index contributed by atoms with van der Waals surface area (Å²) in [6.07, 6.45) is 2.20. The fourth-order valence-corrected chi connectivity index (χ4v) is 1.38. The van der Waals surface area contributed by atoms with Gasteiger partial charge in [0.2, 0.25) is 0 Å². The SMILES string of the molecule is CS(=O)(=O)c1ccc(OCC(=O)O)cn1. The van der Waals surface area contributed by atoms with Crippen molar-refractivity contribution in [2.24, 2.45) is 0 Å². The van der Waals surface area contributed by atoms with Crippen LogP contribution in [0, 0.1) is 0 Å². The van der Waals surface area contributed by atoms with Gasteiger partial charge in [0.1, 0.15) is 5.75 Å². The lowest BCUT2D eigenvalue weighted by atomic mass is 10.5. The summed E-state index contributed by atoms with van der Waals surface area (Å²) < 4.78 is 26.8. The number of aliphatic carboxylic acids is 1. The fraction of sp³-hybridized carbons (Fsp3) is 0.250. The maximum absolute atomic E-state index is 11.0. The second-order valence-corrected chi connectivity index (χ2v) is 4.75. The largest absolute Gasteiger partial charge is 0.480 e. The lowest BCUT2D eigenvalue weighted by molar-refractivity contribution is -0.139. The number of carboxylic acids is 1. The van der Waals surface area contributed by atoms with E-state index in [2.05, 4.69) is 4.98 Å². The van der Waals surface area contributed by atoms with Gasteiger partial charge in [0.15, 0.2) is 21.5 Å². The zero-order valence-electron chi connectivity index (χ0n) is 7.87. The summed E-state index contributed by atoms with van der Waals surface area (Å²) in [7, 11) is -3.33. The Kier molecular flexibility index (Phi) is 3.25. The molecule has 1 heterocycles. The summed E-state index contributed by atoms with van der Waals surface area (Å²) in [5, 5.41) is 8.24. The van der Waals surface area contributed by atoms with Crippen molar-refractivity contribution in [3.8, 4) is 5.75 Å². The summed E-state index contributed by atoms with van der Waals surface area (Å²) >= 11 is 0. The number of ether oxygens (including phenoxy) is 1. The monoisotopic (exact) mass is 231 g/mol. The number of carboxylic acid groups (broad SMARTS) is 1. The third kappa shape index (κ3) is 3.55. The van der Waals surface area contributed by atoms with Gasteiger partial charge in [-0.15, -0.1) is 0 Å². The first-order chi connectivity index (χ1) is 6.89. The molecule has 1 N–H and O–H groups in total. The van der Waals surface area contributed by atoms with Crippen molar-refractivity contribution in [1.29, 1.82) is 0 Å². The number of hydrogen-bond acceptors (Lipinski definition) is 5. The summed E-state index contributed by atoms with van der Waals surface area (Å²) in [6.45, 7) is -0.486. The summed E-state index contributed by atoms with van der Waals surface area (Å²) in [5.41, 5.74) is 0. The van der Waals surface area contributed by atoms with E-state index in [4.69, 9.17) is 9.84 Å². The highest BCUT2D eigenvalue weighted by molar-refractivity contribution is 7.90. The smallest absolute Gasteiger partial charge is 0.341 e. The molecule has 0 amide bonds. The average Bonchev–Trinajstić information content (AvgIpc) is 2.14. The van der Waals surface area contributed by atoms with Crippen molar-refractivity contribution >= 4 is 15.8 Å². The van der Waals surface area contributed by atoms with Crippen LogP contribution in [-0.2, 0) is 14.6 Å². The first-order valence-corrected chi connectivity index (χ1v) is 5.79. The van der Waals surface area contributed by atoms with E-state index in [1.165, 1.54) is 18.3 Å². The number of aromatic nitrogens is 1. The van der Waals surface area contributed by atoms with Crippen LogP contribution in [0.25, 0.3) is 0 Å². The normalized spacial score (nSPS) is 11.0. The predicted molar refractivity (Wildman–Crippen MR) is 50.5 cm³/mol. The molecule has 0 unspecified atom stereocenters. The Bertz CT molecular complexity index is 450. The van der Waals surface area contributed by atoms with Gasteiger partial charge in [0.05, 0.1) is 6.20 Å². The molecule has 82 valence electrons. The van der Waals surface area contributed by atoms with Crippen LogP contribution in [0.3, 0.4) is 0 Å². The minimum Gasteiger partial charge on any atom is -0.480 e. The van der Waals surface area contributed by atoms with Crippen LogP contribution in [0.1, 0.15) is 0 Å². The lowest BCUT2D eigenvalue weighted by Crippen LogP contribution is -2.09. The van der Waals surface area contributed by atoms with E-state index in [0.717, 1.165) is 6.26 Å². The standard InChI is InChI=1S/C8H9NO5S/c1-15(12,13)7-3-2-6(4-9-7)14-5-8(10)11/h2-4H,5H2,1H3,(H,10,11). The highest BCUT2D eigenvalue weighted by Gasteiger charge is 2.08. The van der Waals surface area contributed by atoms with Crippen molar-refractivity contribution in [2.75, 3.05) is 12.9 Å². The van der Waals surface area contributed by atoms with Crippen molar-refractivity contribution in [3.63, 3.8) is 0 Å². The van der Waals surface area contributed by atoms with Crippen molar-refractivity contribution in [3.05, 3.63) is 18.3 Å². The highest BCUT2D eigenvalue weighted by Crippen LogP contribution is 2.12. The molecule has 0 aliphatic heterocycles. The van der Waals surface area contributed by atoms with Gasteiger partial charge in [-0.25, -0.2) is 18.2 Å². The third-order valence-electron chi connectivity index (χ3n) is 1.45. The molecule has 0 bridgehead atoms. The fourth-order valence-electron chi connectivity index (χ4n) is 0.817. The van der Waals surface area contributed by atoms with Gasteiger partial charge in [-0.2, -0.15) is 0 Å². The quantitative estimate of drug-likeness (QED) is 0.780. The third-order valence-corrected chi connectivity index (χ3v) is 2.45. The van der Waals surface area contributed by atoms with Gasteiger partial charge >= 0.3 is 5.97 Å². The molecule has 0 aliphatic carbocycles. The Hall–Kier alpha value is -1.63. The van der Waals surface area contributed by atoms with E-state index in [1.807, 2.05) is 0 Å². The van der Waals surface area contributed by atoms with Gasteiger partial charge < -0.3 is 9.84 Å². The second-order valence-electron chi connectivity index (χ2n) is 2.79. The Morgan fingerprint density at radius 3 is 2.60 bits per heavy atom. The van der Waals surface area contributed by atoms with Crippen molar-refractivity contribution in [2.45, 2.75) is 5.03 Å². The van der Waals surface area contributed by atoms with E-state index < -0.39 is 22.4 Å². The van der Waals surface area contributed by atoms with Gasteiger partial charge in [-0.05, 0) is 12.1 Å². The van der Waals surface area contributed by atoms with Gasteiger partial charge in [0, 0.05) is 6.26 Å².